The van der Waals surface area contributed by atoms with Gasteiger partial charge in [0.2, 0.25) is 0 Å². The van der Waals surface area contributed by atoms with Crippen molar-refractivity contribution in [3.63, 3.8) is 0 Å². The lowest BCUT2D eigenvalue weighted by Gasteiger charge is -2.08. The first-order chi connectivity index (χ1) is 12.3. The maximum atomic E-state index is 5.90. The number of rotatable bonds is 5. The number of ether oxygens (including phenoxy) is 1. The van der Waals surface area contributed by atoms with Gasteiger partial charge in [-0.25, -0.2) is 0 Å². The molecule has 0 unspecified atom stereocenters. The molecule has 4 rings (SSSR count). The molecular weight excluding hydrogens is 332 g/mol. The van der Waals surface area contributed by atoms with Crippen molar-refractivity contribution in [2.75, 3.05) is 19.7 Å². The molecule has 0 spiro atoms. The van der Waals surface area contributed by atoms with Crippen LogP contribution in [0.3, 0.4) is 0 Å². The summed E-state index contributed by atoms with van der Waals surface area (Å²) < 4.78 is 5.83. The summed E-state index contributed by atoms with van der Waals surface area (Å²) >= 11 is 5.90. The number of H-pyrrole nitrogens is 1. The van der Waals surface area contributed by atoms with Crippen LogP contribution in [0.1, 0.15) is 23.2 Å². The van der Waals surface area contributed by atoms with Gasteiger partial charge in [-0.15, -0.1) is 0 Å². The minimum Gasteiger partial charge on any atom is -0.494 e. The van der Waals surface area contributed by atoms with Crippen LogP contribution in [0, 0.1) is 0 Å². The molecule has 0 fully saturated rings. The van der Waals surface area contributed by atoms with Crippen molar-refractivity contribution in [2.24, 2.45) is 0 Å². The molecule has 2 aromatic carbocycles. The summed E-state index contributed by atoms with van der Waals surface area (Å²) in [5.74, 6) is 0.879. The fraction of sp³-hybridized carbons (Fsp3) is 0.333. The molecule has 1 aliphatic rings. The summed E-state index contributed by atoms with van der Waals surface area (Å²) in [4.78, 5) is 3.63. The van der Waals surface area contributed by atoms with Crippen LogP contribution in [0.4, 0.5) is 0 Å². The average molecular weight is 355 g/mol. The van der Waals surface area contributed by atoms with E-state index in [9.17, 15) is 0 Å². The molecule has 130 valence electrons. The molecule has 1 aliphatic heterocycles. The van der Waals surface area contributed by atoms with E-state index in [-0.39, 0.29) is 0 Å². The van der Waals surface area contributed by atoms with E-state index in [1.54, 1.807) is 0 Å². The van der Waals surface area contributed by atoms with Gasteiger partial charge in [0.15, 0.2) is 0 Å². The standard InChI is InChI=1S/C21H23ClN2O/c22-16-6-8-17(9-7-16)25-14-2-4-15-3-1-5-20-21(15)18-10-12-23-13-11-19(18)24-20/h1,3,5-9,23-24H,2,4,10-14H2. The van der Waals surface area contributed by atoms with E-state index in [2.05, 4.69) is 28.5 Å². The summed E-state index contributed by atoms with van der Waals surface area (Å²) in [5, 5.41) is 5.66. The van der Waals surface area contributed by atoms with Gasteiger partial charge in [-0.1, -0.05) is 23.7 Å². The third kappa shape index (κ3) is 3.68. The van der Waals surface area contributed by atoms with E-state index in [1.807, 2.05) is 24.3 Å². The zero-order valence-corrected chi connectivity index (χ0v) is 15.0. The van der Waals surface area contributed by atoms with Gasteiger partial charge in [-0.3, -0.25) is 0 Å². The highest BCUT2D eigenvalue weighted by atomic mass is 35.5. The van der Waals surface area contributed by atoms with Crippen molar-refractivity contribution < 1.29 is 4.74 Å². The van der Waals surface area contributed by atoms with Crippen molar-refractivity contribution in [2.45, 2.75) is 25.7 Å². The normalized spacial score (nSPS) is 14.3. The second-order valence-corrected chi connectivity index (χ2v) is 7.01. The van der Waals surface area contributed by atoms with Gasteiger partial charge in [-0.05, 0) is 67.3 Å². The number of fused-ring (bicyclic) bond motifs is 3. The third-order valence-corrected chi connectivity index (χ3v) is 5.13. The summed E-state index contributed by atoms with van der Waals surface area (Å²) in [6, 6.07) is 14.2. The molecular formula is C21H23ClN2O. The molecule has 25 heavy (non-hydrogen) atoms. The Kier molecular flexibility index (Phi) is 4.95. The topological polar surface area (TPSA) is 37.0 Å². The number of halogens is 1. The van der Waals surface area contributed by atoms with Crippen LogP contribution in [0.25, 0.3) is 10.9 Å². The minimum absolute atomic E-state index is 0.714. The molecule has 3 nitrogen and oxygen atoms in total. The molecule has 1 aromatic heterocycles. The van der Waals surface area contributed by atoms with Gasteiger partial charge in [0.05, 0.1) is 6.61 Å². The van der Waals surface area contributed by atoms with Crippen LogP contribution < -0.4 is 10.1 Å². The molecule has 4 heteroatoms. The maximum absolute atomic E-state index is 5.90. The Morgan fingerprint density at radius 1 is 1.00 bits per heavy atom. The molecule has 2 N–H and O–H groups in total. The largest absolute Gasteiger partial charge is 0.494 e. The summed E-state index contributed by atoms with van der Waals surface area (Å²) in [5.41, 5.74) is 5.62. The Hall–Kier alpha value is -1.97. The molecule has 0 radical (unpaired) electrons. The Bertz CT molecular complexity index is 854. The van der Waals surface area contributed by atoms with Gasteiger partial charge in [0, 0.05) is 34.6 Å². The predicted octanol–water partition coefficient (Wildman–Crippen LogP) is 4.52. The zero-order valence-electron chi connectivity index (χ0n) is 14.3. The van der Waals surface area contributed by atoms with E-state index in [4.69, 9.17) is 16.3 Å². The SMILES string of the molecule is Clc1ccc(OCCCc2cccc3[nH]c4c(c23)CCNCC4)cc1. The Balaban J connectivity index is 1.46. The van der Waals surface area contributed by atoms with Crippen LogP contribution in [-0.4, -0.2) is 24.7 Å². The minimum atomic E-state index is 0.714. The molecule has 0 amide bonds. The van der Waals surface area contributed by atoms with Gasteiger partial charge >= 0.3 is 0 Å². The van der Waals surface area contributed by atoms with Crippen LogP contribution >= 0.6 is 11.6 Å². The monoisotopic (exact) mass is 354 g/mol. The molecule has 0 saturated heterocycles. The van der Waals surface area contributed by atoms with Gasteiger partial charge in [-0.2, -0.15) is 0 Å². The summed E-state index contributed by atoms with van der Waals surface area (Å²) in [7, 11) is 0. The first-order valence-corrected chi connectivity index (χ1v) is 9.39. The van der Waals surface area contributed by atoms with E-state index in [0.717, 1.165) is 49.5 Å². The highest BCUT2D eigenvalue weighted by Gasteiger charge is 2.16. The molecule has 0 atom stereocenters. The molecule has 0 aliphatic carbocycles. The number of nitrogens with one attached hydrogen (secondary N) is 2. The van der Waals surface area contributed by atoms with Crippen LogP contribution in [0.5, 0.6) is 5.75 Å². The van der Waals surface area contributed by atoms with Gasteiger partial charge in [0.25, 0.3) is 0 Å². The van der Waals surface area contributed by atoms with E-state index in [0.29, 0.717) is 6.61 Å². The third-order valence-electron chi connectivity index (χ3n) is 4.88. The summed E-state index contributed by atoms with van der Waals surface area (Å²) in [6.45, 7) is 2.84. The van der Waals surface area contributed by atoms with Gasteiger partial charge < -0.3 is 15.0 Å². The number of aromatic amines is 1. The molecule has 2 heterocycles. The molecule has 0 saturated carbocycles. The van der Waals surface area contributed by atoms with Crippen LogP contribution in [-0.2, 0) is 19.3 Å². The van der Waals surface area contributed by atoms with Crippen molar-refractivity contribution in [3.8, 4) is 5.75 Å². The first kappa shape index (κ1) is 16.5. The summed E-state index contributed by atoms with van der Waals surface area (Å²) in [6.07, 6.45) is 4.22. The number of aromatic nitrogens is 1. The molecule has 3 aromatic rings. The Morgan fingerprint density at radius 2 is 1.84 bits per heavy atom. The smallest absolute Gasteiger partial charge is 0.119 e. The number of benzene rings is 2. The fourth-order valence-corrected chi connectivity index (χ4v) is 3.81. The van der Waals surface area contributed by atoms with Crippen molar-refractivity contribution >= 4 is 22.5 Å². The predicted molar refractivity (Wildman–Crippen MR) is 104 cm³/mol. The quantitative estimate of drug-likeness (QED) is 0.661. The lowest BCUT2D eigenvalue weighted by atomic mass is 9.99. The lowest BCUT2D eigenvalue weighted by molar-refractivity contribution is 0.311. The second kappa shape index (κ2) is 7.51. The highest BCUT2D eigenvalue weighted by Crippen LogP contribution is 2.28. The average Bonchev–Trinajstić information content (AvgIpc) is 2.83. The molecule has 0 bridgehead atoms. The first-order valence-electron chi connectivity index (χ1n) is 9.01. The van der Waals surface area contributed by atoms with Crippen molar-refractivity contribution in [3.05, 3.63) is 64.3 Å². The van der Waals surface area contributed by atoms with Gasteiger partial charge in [0.1, 0.15) is 5.75 Å². The van der Waals surface area contributed by atoms with Crippen LogP contribution in [0.15, 0.2) is 42.5 Å². The Labute approximate surface area is 153 Å². The zero-order chi connectivity index (χ0) is 17.1. The van der Waals surface area contributed by atoms with E-state index < -0.39 is 0 Å². The number of hydrogen-bond acceptors (Lipinski definition) is 2. The highest BCUT2D eigenvalue weighted by molar-refractivity contribution is 6.30. The van der Waals surface area contributed by atoms with E-state index in [1.165, 1.54) is 27.7 Å². The number of aryl methyl sites for hydroxylation is 1. The Morgan fingerprint density at radius 3 is 2.72 bits per heavy atom. The van der Waals surface area contributed by atoms with Crippen LogP contribution in [0.2, 0.25) is 5.02 Å². The lowest BCUT2D eigenvalue weighted by Crippen LogP contribution is -2.16. The van der Waals surface area contributed by atoms with Crippen molar-refractivity contribution in [1.29, 1.82) is 0 Å². The number of hydrogen-bond donors (Lipinski definition) is 2. The van der Waals surface area contributed by atoms with E-state index >= 15 is 0 Å². The maximum Gasteiger partial charge on any atom is 0.119 e. The van der Waals surface area contributed by atoms with Crippen molar-refractivity contribution in [1.82, 2.24) is 10.3 Å². The fourth-order valence-electron chi connectivity index (χ4n) is 3.68. The second-order valence-electron chi connectivity index (χ2n) is 6.58.